The van der Waals surface area contributed by atoms with Gasteiger partial charge in [0.15, 0.2) is 0 Å². The van der Waals surface area contributed by atoms with Crippen molar-refractivity contribution >= 4 is 39.2 Å². The third-order valence-corrected chi connectivity index (χ3v) is 5.99. The number of hydrogen-bond acceptors (Lipinski definition) is 4. The molecule has 0 unspecified atom stereocenters. The van der Waals surface area contributed by atoms with Crippen LogP contribution in [-0.4, -0.2) is 47.9 Å². The molecule has 32 heavy (non-hydrogen) atoms. The van der Waals surface area contributed by atoms with Gasteiger partial charge in [0.1, 0.15) is 5.82 Å². The van der Waals surface area contributed by atoms with E-state index < -0.39 is 0 Å². The van der Waals surface area contributed by atoms with Gasteiger partial charge in [-0.15, -0.1) is 0 Å². The first-order valence-electron chi connectivity index (χ1n) is 10.6. The minimum atomic E-state index is -0.156. The Labute approximate surface area is 196 Å². The Morgan fingerprint density at radius 2 is 1.75 bits per heavy atom. The molecular weight excluding hydrogens is 468 g/mol. The van der Waals surface area contributed by atoms with Gasteiger partial charge >= 0.3 is 0 Å². The summed E-state index contributed by atoms with van der Waals surface area (Å²) < 4.78 is 0.901. The van der Waals surface area contributed by atoms with Crippen LogP contribution in [0.3, 0.4) is 0 Å². The van der Waals surface area contributed by atoms with Crippen molar-refractivity contribution in [2.24, 2.45) is 0 Å². The molecule has 1 saturated heterocycles. The van der Waals surface area contributed by atoms with E-state index in [4.69, 9.17) is 0 Å². The minimum Gasteiger partial charge on any atom is -0.355 e. The van der Waals surface area contributed by atoms with Gasteiger partial charge < -0.3 is 15.1 Å². The molecule has 7 heteroatoms. The summed E-state index contributed by atoms with van der Waals surface area (Å²) in [6.07, 6.45) is 2.55. The highest BCUT2D eigenvalue weighted by atomic mass is 79.9. The van der Waals surface area contributed by atoms with E-state index in [0.29, 0.717) is 36.4 Å². The normalized spacial score (nSPS) is 14.1. The molecule has 2 aromatic carbocycles. The molecule has 0 spiro atoms. The van der Waals surface area contributed by atoms with Gasteiger partial charge in [-0.1, -0.05) is 39.7 Å². The number of amides is 2. The van der Waals surface area contributed by atoms with Crippen LogP contribution in [0.5, 0.6) is 0 Å². The van der Waals surface area contributed by atoms with E-state index in [1.54, 1.807) is 6.20 Å². The number of rotatable bonds is 4. The Hall–Kier alpha value is -3.19. The Kier molecular flexibility index (Phi) is 6.85. The highest BCUT2D eigenvalue weighted by Crippen LogP contribution is 2.19. The van der Waals surface area contributed by atoms with Crippen LogP contribution in [0.25, 0.3) is 0 Å². The van der Waals surface area contributed by atoms with E-state index in [1.165, 1.54) is 0 Å². The number of benzene rings is 2. The fourth-order valence-electron chi connectivity index (χ4n) is 3.71. The van der Waals surface area contributed by atoms with Crippen molar-refractivity contribution in [3.05, 3.63) is 88.0 Å². The van der Waals surface area contributed by atoms with Crippen molar-refractivity contribution < 1.29 is 9.59 Å². The number of carbonyl (C=O) groups is 2. The van der Waals surface area contributed by atoms with E-state index in [0.717, 1.165) is 28.8 Å². The van der Waals surface area contributed by atoms with Crippen molar-refractivity contribution in [1.82, 2.24) is 9.88 Å². The first-order valence-corrected chi connectivity index (χ1v) is 11.4. The molecular formula is C25H25BrN4O2. The molecule has 1 aliphatic heterocycles. The van der Waals surface area contributed by atoms with Gasteiger partial charge in [0.25, 0.3) is 11.8 Å². The van der Waals surface area contributed by atoms with Crippen molar-refractivity contribution in [3.8, 4) is 0 Å². The molecule has 4 rings (SSSR count). The van der Waals surface area contributed by atoms with Crippen LogP contribution >= 0.6 is 15.9 Å². The molecule has 164 valence electrons. The second-order valence-electron chi connectivity index (χ2n) is 7.87. The number of nitrogens with zero attached hydrogens (tertiary/aromatic N) is 3. The third kappa shape index (κ3) is 5.34. The fourth-order valence-corrected chi connectivity index (χ4v) is 4.11. The van der Waals surface area contributed by atoms with Crippen molar-refractivity contribution in [3.63, 3.8) is 0 Å². The molecule has 0 aliphatic carbocycles. The SMILES string of the molecule is Cc1ccc(C(=O)Nc2ccc(N3CCCN(C(=O)c4cccc(Br)c4)CC3)nc2)cc1. The lowest BCUT2D eigenvalue weighted by molar-refractivity contribution is 0.0766. The molecule has 2 amide bonds. The molecule has 6 nitrogen and oxygen atoms in total. The van der Waals surface area contributed by atoms with Gasteiger partial charge in [0, 0.05) is 41.8 Å². The number of carbonyl (C=O) groups excluding carboxylic acids is 2. The van der Waals surface area contributed by atoms with Crippen LogP contribution in [0.4, 0.5) is 11.5 Å². The molecule has 1 fully saturated rings. The maximum Gasteiger partial charge on any atom is 0.255 e. The molecule has 0 bridgehead atoms. The molecule has 2 heterocycles. The minimum absolute atomic E-state index is 0.0512. The summed E-state index contributed by atoms with van der Waals surface area (Å²) in [5.41, 5.74) is 3.07. The zero-order valence-corrected chi connectivity index (χ0v) is 19.5. The van der Waals surface area contributed by atoms with Gasteiger partial charge in [-0.3, -0.25) is 9.59 Å². The lowest BCUT2D eigenvalue weighted by atomic mass is 10.1. The lowest BCUT2D eigenvalue weighted by Gasteiger charge is -2.23. The van der Waals surface area contributed by atoms with Crippen molar-refractivity contribution in [1.29, 1.82) is 0 Å². The summed E-state index contributed by atoms with van der Waals surface area (Å²) >= 11 is 3.43. The lowest BCUT2D eigenvalue weighted by Crippen LogP contribution is -2.35. The van der Waals surface area contributed by atoms with Gasteiger partial charge in [-0.2, -0.15) is 0 Å². The molecule has 3 aromatic rings. The van der Waals surface area contributed by atoms with Crippen molar-refractivity contribution in [2.75, 3.05) is 36.4 Å². The summed E-state index contributed by atoms with van der Waals surface area (Å²) in [5.74, 6) is 0.737. The van der Waals surface area contributed by atoms with Crippen LogP contribution in [0, 0.1) is 6.92 Å². The average Bonchev–Trinajstić information content (AvgIpc) is 3.06. The number of hydrogen-bond donors (Lipinski definition) is 1. The van der Waals surface area contributed by atoms with Gasteiger partial charge in [0.2, 0.25) is 0 Å². The highest BCUT2D eigenvalue weighted by Gasteiger charge is 2.21. The van der Waals surface area contributed by atoms with E-state index in [2.05, 4.69) is 31.1 Å². The van der Waals surface area contributed by atoms with E-state index >= 15 is 0 Å². The molecule has 1 aliphatic rings. The van der Waals surface area contributed by atoms with Gasteiger partial charge in [-0.25, -0.2) is 4.98 Å². The maximum atomic E-state index is 12.9. The largest absolute Gasteiger partial charge is 0.355 e. The average molecular weight is 493 g/mol. The highest BCUT2D eigenvalue weighted by molar-refractivity contribution is 9.10. The molecule has 0 radical (unpaired) electrons. The summed E-state index contributed by atoms with van der Waals surface area (Å²) in [4.78, 5) is 33.9. The first kappa shape index (κ1) is 22.0. The summed E-state index contributed by atoms with van der Waals surface area (Å²) in [6.45, 7) is 4.88. The molecule has 1 N–H and O–H groups in total. The number of nitrogens with one attached hydrogen (secondary N) is 1. The standard InChI is InChI=1S/C25H25BrN4O2/c1-18-6-8-19(9-7-18)24(31)28-22-10-11-23(27-17-22)29-12-3-13-30(15-14-29)25(32)20-4-2-5-21(26)16-20/h2,4-11,16-17H,3,12-15H2,1H3,(H,28,31). The predicted octanol–water partition coefficient (Wildman–Crippen LogP) is 4.76. The van der Waals surface area contributed by atoms with E-state index in [9.17, 15) is 9.59 Å². The Morgan fingerprint density at radius 1 is 0.938 bits per heavy atom. The quantitative estimate of drug-likeness (QED) is 0.570. The van der Waals surface area contributed by atoms with Crippen LogP contribution in [0.15, 0.2) is 71.3 Å². The Bertz CT molecular complexity index is 1100. The zero-order valence-electron chi connectivity index (χ0n) is 17.9. The maximum absolute atomic E-state index is 12.9. The number of aryl methyl sites for hydroxylation is 1. The summed E-state index contributed by atoms with van der Waals surface area (Å²) in [5, 5.41) is 2.89. The molecule has 0 atom stereocenters. The third-order valence-electron chi connectivity index (χ3n) is 5.50. The zero-order chi connectivity index (χ0) is 22.5. The Morgan fingerprint density at radius 3 is 2.47 bits per heavy atom. The van der Waals surface area contributed by atoms with Crippen molar-refractivity contribution in [2.45, 2.75) is 13.3 Å². The second kappa shape index (κ2) is 9.96. The van der Waals surface area contributed by atoms with Gasteiger partial charge in [0.05, 0.1) is 11.9 Å². The van der Waals surface area contributed by atoms with E-state index in [1.807, 2.05) is 72.5 Å². The number of pyridine rings is 1. The monoisotopic (exact) mass is 492 g/mol. The van der Waals surface area contributed by atoms with E-state index in [-0.39, 0.29) is 11.8 Å². The number of anilines is 2. The molecule has 0 saturated carbocycles. The Balaban J connectivity index is 1.36. The predicted molar refractivity (Wildman–Crippen MR) is 130 cm³/mol. The van der Waals surface area contributed by atoms with Crippen LogP contribution in [0.2, 0.25) is 0 Å². The number of halogens is 1. The second-order valence-corrected chi connectivity index (χ2v) is 8.78. The molecule has 1 aromatic heterocycles. The fraction of sp³-hybridized carbons (Fsp3) is 0.240. The van der Waals surface area contributed by atoms with Crippen LogP contribution in [0.1, 0.15) is 32.7 Å². The number of aromatic nitrogens is 1. The smallest absolute Gasteiger partial charge is 0.255 e. The summed E-state index contributed by atoms with van der Waals surface area (Å²) in [6, 6.07) is 18.7. The van der Waals surface area contributed by atoms with Crippen LogP contribution < -0.4 is 10.2 Å². The van der Waals surface area contributed by atoms with Gasteiger partial charge in [-0.05, 0) is 55.8 Å². The topological polar surface area (TPSA) is 65.5 Å². The first-order chi connectivity index (χ1) is 15.5. The summed E-state index contributed by atoms with van der Waals surface area (Å²) in [7, 11) is 0. The van der Waals surface area contributed by atoms with Crippen LogP contribution in [-0.2, 0) is 0 Å².